The smallest absolute Gasteiger partial charge is 0.339 e. The summed E-state index contributed by atoms with van der Waals surface area (Å²) in [5.74, 6) is -0.867. The Bertz CT molecular complexity index is 492. The highest BCUT2D eigenvalue weighted by atomic mass is 79.9. The highest BCUT2D eigenvalue weighted by molar-refractivity contribution is 9.09. The fourth-order valence-corrected chi connectivity index (χ4v) is 2.22. The molecular weight excluding hydrogens is 290 g/mol. The van der Waals surface area contributed by atoms with Gasteiger partial charge in [0.25, 0.3) is 0 Å². The second-order valence-electron chi connectivity index (χ2n) is 3.78. The van der Waals surface area contributed by atoms with Crippen LogP contribution >= 0.6 is 15.9 Å². The van der Waals surface area contributed by atoms with Crippen LogP contribution in [0, 0.1) is 6.92 Å². The molecule has 0 spiro atoms. The van der Waals surface area contributed by atoms with Crippen molar-refractivity contribution >= 4 is 33.8 Å². The third-order valence-electron chi connectivity index (χ3n) is 2.52. The van der Waals surface area contributed by atoms with E-state index in [0.29, 0.717) is 18.7 Å². The van der Waals surface area contributed by atoms with E-state index < -0.39 is 5.97 Å². The zero-order valence-corrected chi connectivity index (χ0v) is 10.6. The largest absolute Gasteiger partial charge is 0.478 e. The number of hydrogen-bond acceptors (Lipinski definition) is 4. The Balaban J connectivity index is 2.32. The first-order chi connectivity index (χ1) is 7.99. The van der Waals surface area contributed by atoms with Crippen LogP contribution in [-0.2, 0) is 4.79 Å². The molecule has 1 unspecified atom stereocenters. The van der Waals surface area contributed by atoms with Crippen molar-refractivity contribution in [2.24, 2.45) is 0 Å². The van der Waals surface area contributed by atoms with E-state index in [1.54, 1.807) is 6.92 Å². The van der Waals surface area contributed by atoms with Gasteiger partial charge in [-0.3, -0.25) is 9.69 Å². The molecule has 1 aliphatic heterocycles. The fourth-order valence-electron chi connectivity index (χ4n) is 1.65. The summed E-state index contributed by atoms with van der Waals surface area (Å²) in [4.78, 5) is 31.9. The number of aryl methyl sites for hydroxylation is 1. The zero-order valence-electron chi connectivity index (χ0n) is 9.05. The van der Waals surface area contributed by atoms with Crippen LogP contribution in [0.2, 0.25) is 0 Å². The van der Waals surface area contributed by atoms with Crippen molar-refractivity contribution in [2.75, 3.05) is 11.4 Å². The summed E-state index contributed by atoms with van der Waals surface area (Å²) in [6, 6.07) is 0. The number of amides is 1. The van der Waals surface area contributed by atoms with Gasteiger partial charge in [0.15, 0.2) is 0 Å². The van der Waals surface area contributed by atoms with E-state index in [1.165, 1.54) is 11.1 Å². The molecule has 0 saturated carbocycles. The molecule has 1 atom stereocenters. The van der Waals surface area contributed by atoms with Gasteiger partial charge in [0, 0.05) is 24.0 Å². The predicted octanol–water partition coefficient (Wildman–Crippen LogP) is 0.983. The number of nitrogens with zero attached hydrogens (tertiary/aromatic N) is 3. The van der Waals surface area contributed by atoms with Crippen LogP contribution in [0.5, 0.6) is 0 Å². The molecule has 0 radical (unpaired) electrons. The summed E-state index contributed by atoms with van der Waals surface area (Å²) in [6.45, 7) is 2.09. The van der Waals surface area contributed by atoms with Crippen LogP contribution in [-0.4, -0.2) is 38.3 Å². The van der Waals surface area contributed by atoms with Gasteiger partial charge in [-0.2, -0.15) is 0 Å². The first-order valence-corrected chi connectivity index (χ1v) is 5.92. The normalized spacial score (nSPS) is 19.8. The van der Waals surface area contributed by atoms with Crippen LogP contribution in [0.3, 0.4) is 0 Å². The van der Waals surface area contributed by atoms with Gasteiger partial charge in [0.2, 0.25) is 11.9 Å². The number of carboxylic acids is 1. The van der Waals surface area contributed by atoms with Crippen molar-refractivity contribution in [3.8, 4) is 0 Å². The van der Waals surface area contributed by atoms with Crippen molar-refractivity contribution in [1.82, 2.24) is 9.97 Å². The summed E-state index contributed by atoms with van der Waals surface area (Å²) in [5.41, 5.74) is 0.407. The molecule has 1 aromatic rings. The summed E-state index contributed by atoms with van der Waals surface area (Å²) < 4.78 is 0. The molecule has 0 bridgehead atoms. The number of anilines is 1. The van der Waals surface area contributed by atoms with Gasteiger partial charge in [-0.1, -0.05) is 15.9 Å². The maximum absolute atomic E-state index is 11.6. The van der Waals surface area contributed by atoms with E-state index >= 15 is 0 Å². The van der Waals surface area contributed by atoms with Crippen LogP contribution < -0.4 is 4.90 Å². The molecular formula is C10H10BrN3O3. The van der Waals surface area contributed by atoms with E-state index in [0.717, 1.165) is 0 Å². The third-order valence-corrected chi connectivity index (χ3v) is 3.13. The van der Waals surface area contributed by atoms with E-state index in [1.807, 2.05) is 0 Å². The van der Waals surface area contributed by atoms with Gasteiger partial charge in [0.05, 0.1) is 11.3 Å². The van der Waals surface area contributed by atoms with Gasteiger partial charge < -0.3 is 5.11 Å². The number of carboxylic acid groups (broad SMARTS) is 1. The highest BCUT2D eigenvalue weighted by Gasteiger charge is 2.30. The van der Waals surface area contributed by atoms with Gasteiger partial charge in [-0.25, -0.2) is 14.8 Å². The number of halogens is 1. The lowest BCUT2D eigenvalue weighted by Crippen LogP contribution is -2.27. The Kier molecular flexibility index (Phi) is 3.10. The molecule has 0 aliphatic carbocycles. The maximum Gasteiger partial charge on any atom is 0.339 e. The van der Waals surface area contributed by atoms with Gasteiger partial charge >= 0.3 is 5.97 Å². The van der Waals surface area contributed by atoms with E-state index in [4.69, 9.17) is 5.11 Å². The molecule has 6 nitrogen and oxygen atoms in total. The van der Waals surface area contributed by atoms with Gasteiger partial charge in [0.1, 0.15) is 0 Å². The number of rotatable bonds is 2. The summed E-state index contributed by atoms with van der Waals surface area (Å²) in [6.07, 6.45) is 1.64. The summed E-state index contributed by atoms with van der Waals surface area (Å²) in [7, 11) is 0. The number of aromatic nitrogens is 2. The Hall–Kier alpha value is -1.50. The lowest BCUT2D eigenvalue weighted by Gasteiger charge is -2.14. The second kappa shape index (κ2) is 4.40. The highest BCUT2D eigenvalue weighted by Crippen LogP contribution is 2.22. The quantitative estimate of drug-likeness (QED) is 0.823. The number of aromatic carboxylic acids is 1. The van der Waals surface area contributed by atoms with E-state index in [9.17, 15) is 9.59 Å². The minimum absolute atomic E-state index is 0.0517. The monoisotopic (exact) mass is 299 g/mol. The molecule has 1 aromatic heterocycles. The molecule has 90 valence electrons. The lowest BCUT2D eigenvalue weighted by molar-refractivity contribution is -0.117. The molecule has 1 saturated heterocycles. The van der Waals surface area contributed by atoms with Crippen molar-refractivity contribution in [2.45, 2.75) is 18.2 Å². The van der Waals surface area contributed by atoms with Crippen molar-refractivity contribution in [1.29, 1.82) is 0 Å². The summed E-state index contributed by atoms with van der Waals surface area (Å²) in [5, 5.41) is 8.85. The molecule has 0 aromatic carbocycles. The number of hydrogen-bond donors (Lipinski definition) is 1. The number of carbonyl (C=O) groups is 2. The minimum Gasteiger partial charge on any atom is -0.478 e. The molecule has 1 aliphatic rings. The Labute approximate surface area is 106 Å². The van der Waals surface area contributed by atoms with E-state index in [2.05, 4.69) is 25.9 Å². The molecule has 7 heteroatoms. The van der Waals surface area contributed by atoms with E-state index in [-0.39, 0.29) is 22.2 Å². The van der Waals surface area contributed by atoms with Gasteiger partial charge in [-0.15, -0.1) is 0 Å². The second-order valence-corrected chi connectivity index (χ2v) is 5.07. The standard InChI is InChI=1S/C10H10BrN3O3/c1-5-7(9(16)17)3-12-10(13-5)14-4-6(11)2-8(14)15/h3,6H,2,4H2,1H3,(H,16,17). The van der Waals surface area contributed by atoms with Crippen LogP contribution in [0.1, 0.15) is 22.5 Å². The molecule has 2 rings (SSSR count). The van der Waals surface area contributed by atoms with Crippen LogP contribution in [0.25, 0.3) is 0 Å². The Morgan fingerprint density at radius 2 is 2.35 bits per heavy atom. The number of carbonyl (C=O) groups excluding carboxylic acids is 1. The third kappa shape index (κ3) is 2.28. The maximum atomic E-state index is 11.6. The minimum atomic E-state index is -1.07. The lowest BCUT2D eigenvalue weighted by atomic mass is 10.2. The first-order valence-electron chi connectivity index (χ1n) is 5.00. The van der Waals surface area contributed by atoms with Crippen molar-refractivity contribution in [3.63, 3.8) is 0 Å². The summed E-state index contributed by atoms with van der Waals surface area (Å²) >= 11 is 3.36. The molecule has 1 amide bonds. The molecule has 1 N–H and O–H groups in total. The van der Waals surface area contributed by atoms with Crippen LogP contribution in [0.4, 0.5) is 5.95 Å². The number of alkyl halides is 1. The zero-order chi connectivity index (χ0) is 12.6. The average molecular weight is 300 g/mol. The average Bonchev–Trinajstić information content (AvgIpc) is 2.57. The fraction of sp³-hybridized carbons (Fsp3) is 0.400. The Morgan fingerprint density at radius 1 is 1.65 bits per heavy atom. The predicted molar refractivity (Wildman–Crippen MR) is 63.4 cm³/mol. The Morgan fingerprint density at radius 3 is 2.82 bits per heavy atom. The van der Waals surface area contributed by atoms with Crippen molar-refractivity contribution < 1.29 is 14.7 Å². The molecule has 2 heterocycles. The van der Waals surface area contributed by atoms with Crippen molar-refractivity contribution in [3.05, 3.63) is 17.5 Å². The van der Waals surface area contributed by atoms with Crippen LogP contribution in [0.15, 0.2) is 6.20 Å². The SMILES string of the molecule is Cc1nc(N2CC(Br)CC2=O)ncc1C(=O)O. The molecule has 17 heavy (non-hydrogen) atoms. The molecule has 1 fully saturated rings. The van der Waals surface area contributed by atoms with Gasteiger partial charge in [-0.05, 0) is 6.92 Å². The first kappa shape index (κ1) is 12.0. The topological polar surface area (TPSA) is 83.4 Å².